The molecule has 4 N–H and O–H groups in total. The van der Waals surface area contributed by atoms with E-state index in [2.05, 4.69) is 14.9 Å². The SMILES string of the molecule is Cc1cccc(N)c1S(=O)(=O)Nc1ccc(=O)[nH]n1. The number of aromatic nitrogens is 2. The number of anilines is 2. The van der Waals surface area contributed by atoms with Gasteiger partial charge < -0.3 is 5.73 Å². The predicted molar refractivity (Wildman–Crippen MR) is 71.3 cm³/mol. The Morgan fingerprint density at radius 1 is 1.26 bits per heavy atom. The molecule has 100 valence electrons. The van der Waals surface area contributed by atoms with Crippen LogP contribution in [-0.4, -0.2) is 18.6 Å². The lowest BCUT2D eigenvalue weighted by Crippen LogP contribution is -2.18. The monoisotopic (exact) mass is 280 g/mol. The average Bonchev–Trinajstić information content (AvgIpc) is 2.31. The Morgan fingerprint density at radius 2 is 2.00 bits per heavy atom. The van der Waals surface area contributed by atoms with Crippen molar-refractivity contribution in [3.63, 3.8) is 0 Å². The Kier molecular flexibility index (Phi) is 3.26. The van der Waals surface area contributed by atoms with Gasteiger partial charge in [-0.1, -0.05) is 12.1 Å². The van der Waals surface area contributed by atoms with Gasteiger partial charge in [0.2, 0.25) is 0 Å². The smallest absolute Gasteiger partial charge is 0.265 e. The minimum Gasteiger partial charge on any atom is -0.398 e. The molecule has 7 nitrogen and oxygen atoms in total. The van der Waals surface area contributed by atoms with Gasteiger partial charge in [0.25, 0.3) is 15.6 Å². The summed E-state index contributed by atoms with van der Waals surface area (Å²) in [5.41, 5.74) is 5.94. The summed E-state index contributed by atoms with van der Waals surface area (Å²) >= 11 is 0. The molecule has 0 atom stereocenters. The van der Waals surface area contributed by atoms with Crippen molar-refractivity contribution in [1.29, 1.82) is 0 Å². The van der Waals surface area contributed by atoms with Gasteiger partial charge in [-0.05, 0) is 24.6 Å². The molecule has 0 saturated carbocycles. The van der Waals surface area contributed by atoms with Gasteiger partial charge in [0.1, 0.15) is 4.90 Å². The molecule has 0 radical (unpaired) electrons. The van der Waals surface area contributed by atoms with Gasteiger partial charge in [-0.3, -0.25) is 9.52 Å². The lowest BCUT2D eigenvalue weighted by Gasteiger charge is -2.11. The summed E-state index contributed by atoms with van der Waals surface area (Å²) in [7, 11) is -3.85. The van der Waals surface area contributed by atoms with E-state index in [4.69, 9.17) is 5.73 Å². The summed E-state index contributed by atoms with van der Waals surface area (Å²) in [5, 5.41) is 5.72. The highest BCUT2D eigenvalue weighted by atomic mass is 32.2. The molecule has 0 saturated heterocycles. The van der Waals surface area contributed by atoms with Crippen LogP contribution in [0, 0.1) is 6.92 Å². The molecule has 0 aliphatic heterocycles. The van der Waals surface area contributed by atoms with Gasteiger partial charge in [-0.2, -0.15) is 5.10 Å². The Balaban J connectivity index is 2.43. The van der Waals surface area contributed by atoms with E-state index in [0.717, 1.165) is 0 Å². The first kappa shape index (κ1) is 13.1. The average molecular weight is 280 g/mol. The maximum absolute atomic E-state index is 12.2. The largest absolute Gasteiger partial charge is 0.398 e. The van der Waals surface area contributed by atoms with E-state index < -0.39 is 15.6 Å². The number of nitrogens with two attached hydrogens (primary N) is 1. The van der Waals surface area contributed by atoms with Crippen molar-refractivity contribution in [3.8, 4) is 0 Å². The summed E-state index contributed by atoms with van der Waals surface area (Å²) < 4.78 is 26.7. The van der Waals surface area contributed by atoms with Crippen LogP contribution in [0.3, 0.4) is 0 Å². The first-order valence-electron chi connectivity index (χ1n) is 5.34. The van der Waals surface area contributed by atoms with Crippen molar-refractivity contribution in [2.24, 2.45) is 0 Å². The molecular weight excluding hydrogens is 268 g/mol. The third-order valence-corrected chi connectivity index (χ3v) is 4.00. The molecule has 0 bridgehead atoms. The maximum Gasteiger partial charge on any atom is 0.265 e. The molecule has 0 spiro atoms. The Labute approximate surface area is 109 Å². The molecule has 0 unspecified atom stereocenters. The molecule has 0 aliphatic rings. The molecular formula is C11H12N4O3S. The minimum atomic E-state index is -3.85. The maximum atomic E-state index is 12.2. The summed E-state index contributed by atoms with van der Waals surface area (Å²) in [6.45, 7) is 1.64. The summed E-state index contributed by atoms with van der Waals surface area (Å²) in [5.74, 6) is 0.0160. The predicted octanol–water partition coefficient (Wildman–Crippen LogP) is 0.461. The van der Waals surface area contributed by atoms with Crippen molar-refractivity contribution in [3.05, 3.63) is 46.2 Å². The van der Waals surface area contributed by atoms with Crippen molar-refractivity contribution in [2.45, 2.75) is 11.8 Å². The topological polar surface area (TPSA) is 118 Å². The molecule has 8 heteroatoms. The van der Waals surface area contributed by atoms with Crippen LogP contribution in [0.15, 0.2) is 40.0 Å². The fourth-order valence-corrected chi connectivity index (χ4v) is 2.99. The highest BCUT2D eigenvalue weighted by molar-refractivity contribution is 7.93. The molecule has 1 aromatic carbocycles. The zero-order valence-electron chi connectivity index (χ0n) is 10.0. The lowest BCUT2D eigenvalue weighted by molar-refractivity contribution is 0.600. The minimum absolute atomic E-state index is 0.00278. The van der Waals surface area contributed by atoms with Gasteiger partial charge in [0, 0.05) is 6.07 Å². The van der Waals surface area contributed by atoms with E-state index in [1.807, 2.05) is 0 Å². The van der Waals surface area contributed by atoms with Gasteiger partial charge in [-0.15, -0.1) is 0 Å². The third kappa shape index (κ3) is 2.74. The number of nitrogen functional groups attached to an aromatic ring is 1. The zero-order chi connectivity index (χ0) is 14.0. The third-order valence-electron chi connectivity index (χ3n) is 2.43. The second-order valence-electron chi connectivity index (χ2n) is 3.91. The quantitative estimate of drug-likeness (QED) is 0.706. The fourth-order valence-electron chi connectivity index (χ4n) is 1.63. The van der Waals surface area contributed by atoms with Crippen LogP contribution in [0.1, 0.15) is 5.56 Å². The Hall–Kier alpha value is -2.35. The zero-order valence-corrected chi connectivity index (χ0v) is 10.9. The highest BCUT2D eigenvalue weighted by Crippen LogP contribution is 2.23. The first-order chi connectivity index (χ1) is 8.90. The van der Waals surface area contributed by atoms with Crippen molar-refractivity contribution >= 4 is 21.5 Å². The van der Waals surface area contributed by atoms with E-state index in [0.29, 0.717) is 5.56 Å². The van der Waals surface area contributed by atoms with Crippen molar-refractivity contribution in [1.82, 2.24) is 10.2 Å². The van der Waals surface area contributed by atoms with Crippen molar-refractivity contribution in [2.75, 3.05) is 10.5 Å². The van der Waals surface area contributed by atoms with Crippen LogP contribution in [0.25, 0.3) is 0 Å². The number of nitrogens with zero attached hydrogens (tertiary/aromatic N) is 1. The fraction of sp³-hybridized carbons (Fsp3) is 0.0909. The summed E-state index contributed by atoms with van der Waals surface area (Å²) in [6.07, 6.45) is 0. The number of aryl methyl sites for hydroxylation is 1. The number of hydrogen-bond acceptors (Lipinski definition) is 5. The normalized spacial score (nSPS) is 11.2. The Morgan fingerprint density at radius 3 is 2.58 bits per heavy atom. The van der Waals surface area contributed by atoms with Crippen LogP contribution < -0.4 is 16.0 Å². The van der Waals surface area contributed by atoms with E-state index >= 15 is 0 Å². The molecule has 2 aromatic rings. The van der Waals surface area contributed by atoms with Gasteiger partial charge >= 0.3 is 0 Å². The molecule has 0 aliphatic carbocycles. The first-order valence-corrected chi connectivity index (χ1v) is 6.82. The van der Waals surface area contributed by atoms with Crippen LogP contribution >= 0.6 is 0 Å². The van der Waals surface area contributed by atoms with Crippen molar-refractivity contribution < 1.29 is 8.42 Å². The molecule has 0 amide bonds. The van der Waals surface area contributed by atoms with Crippen LogP contribution in [-0.2, 0) is 10.0 Å². The number of aromatic amines is 1. The van der Waals surface area contributed by atoms with Crippen LogP contribution in [0.2, 0.25) is 0 Å². The molecule has 1 heterocycles. The number of benzene rings is 1. The van der Waals surface area contributed by atoms with Gasteiger partial charge in [0.15, 0.2) is 5.82 Å². The standard InChI is InChI=1S/C11H12N4O3S/c1-7-3-2-4-8(12)11(7)19(17,18)15-9-5-6-10(16)14-13-9/h2-6H,12H2,1H3,(H,13,15)(H,14,16). The second-order valence-corrected chi connectivity index (χ2v) is 5.52. The van der Waals surface area contributed by atoms with E-state index in [-0.39, 0.29) is 16.4 Å². The second kappa shape index (κ2) is 4.73. The Bertz CT molecular complexity index is 727. The summed E-state index contributed by atoms with van der Waals surface area (Å²) in [6, 6.07) is 7.26. The number of sulfonamides is 1. The van der Waals surface area contributed by atoms with Gasteiger partial charge in [0.05, 0.1) is 5.69 Å². The number of hydrogen-bond donors (Lipinski definition) is 3. The molecule has 1 aromatic heterocycles. The van der Waals surface area contributed by atoms with Gasteiger partial charge in [-0.25, -0.2) is 13.5 Å². The molecule has 2 rings (SSSR count). The highest BCUT2D eigenvalue weighted by Gasteiger charge is 2.20. The van der Waals surface area contributed by atoms with E-state index in [1.165, 1.54) is 18.2 Å². The number of H-pyrrole nitrogens is 1. The number of rotatable bonds is 3. The summed E-state index contributed by atoms with van der Waals surface area (Å²) in [4.78, 5) is 10.9. The van der Waals surface area contributed by atoms with Crippen LogP contribution in [0.4, 0.5) is 11.5 Å². The lowest BCUT2D eigenvalue weighted by atomic mass is 10.2. The van der Waals surface area contributed by atoms with Crippen LogP contribution in [0.5, 0.6) is 0 Å². The van der Waals surface area contributed by atoms with E-state index in [9.17, 15) is 13.2 Å². The van der Waals surface area contributed by atoms with E-state index in [1.54, 1.807) is 19.1 Å². The number of nitrogens with one attached hydrogen (secondary N) is 2. The molecule has 0 fully saturated rings. The molecule has 19 heavy (non-hydrogen) atoms.